The molecule has 1 rings (SSSR count). The van der Waals surface area contributed by atoms with Crippen molar-refractivity contribution < 1.29 is 27.4 Å². The van der Waals surface area contributed by atoms with Gasteiger partial charge in [0.25, 0.3) is 0 Å². The summed E-state index contributed by atoms with van der Waals surface area (Å²) in [5.74, 6) is -0.421. The molecule has 0 spiro atoms. The van der Waals surface area contributed by atoms with Gasteiger partial charge in [-0.1, -0.05) is 13.3 Å². The van der Waals surface area contributed by atoms with Crippen LogP contribution in [0.25, 0.3) is 0 Å². The lowest BCUT2D eigenvalue weighted by Gasteiger charge is -2.17. The predicted octanol–water partition coefficient (Wildman–Crippen LogP) is 3.22. The van der Waals surface area contributed by atoms with Crippen LogP contribution in [-0.4, -0.2) is 32.3 Å². The number of carbonyl (C=O) groups is 1. The molecule has 0 heterocycles. The van der Waals surface area contributed by atoms with E-state index in [4.69, 9.17) is 15.2 Å². The number of hydrogen-bond donors (Lipinski definition) is 2. The van der Waals surface area contributed by atoms with Gasteiger partial charge in [0.15, 0.2) is 0 Å². The molecular weight excluding hydrogens is 349 g/mol. The largest absolute Gasteiger partial charge is 0.489 e. The molecule has 1 aromatic carbocycles. The lowest BCUT2D eigenvalue weighted by Crippen LogP contribution is -2.35. The minimum Gasteiger partial charge on any atom is -0.489 e. The Hall–Kier alpha value is -1.51. The Balaban J connectivity index is 0.00000529. The van der Waals surface area contributed by atoms with Crippen molar-refractivity contribution in [2.45, 2.75) is 32.0 Å². The molecule has 5 nitrogen and oxygen atoms in total. The Bertz CT molecular complexity index is 527. The number of ether oxygens (including phenoxy) is 2. The van der Waals surface area contributed by atoms with Crippen LogP contribution in [0.2, 0.25) is 0 Å². The molecule has 0 aliphatic heterocycles. The summed E-state index contributed by atoms with van der Waals surface area (Å²) < 4.78 is 48.6. The van der Waals surface area contributed by atoms with E-state index in [-0.39, 0.29) is 37.1 Å². The second-order valence-electron chi connectivity index (χ2n) is 4.93. The van der Waals surface area contributed by atoms with Crippen molar-refractivity contribution in [3.8, 4) is 5.75 Å². The number of carbonyl (C=O) groups excluding carboxylic acids is 1. The lowest BCUT2D eigenvalue weighted by atomic mass is 10.1. The van der Waals surface area contributed by atoms with E-state index in [1.165, 1.54) is 13.2 Å². The van der Waals surface area contributed by atoms with E-state index >= 15 is 0 Å². The number of amides is 1. The Morgan fingerprint density at radius 1 is 1.33 bits per heavy atom. The van der Waals surface area contributed by atoms with Crippen molar-refractivity contribution in [1.82, 2.24) is 0 Å². The van der Waals surface area contributed by atoms with Crippen LogP contribution in [0.4, 0.5) is 18.9 Å². The fourth-order valence-electron chi connectivity index (χ4n) is 1.83. The molecule has 9 heteroatoms. The van der Waals surface area contributed by atoms with Gasteiger partial charge in [0.1, 0.15) is 12.4 Å². The van der Waals surface area contributed by atoms with Crippen LogP contribution in [0.1, 0.15) is 25.3 Å². The number of rotatable bonds is 8. The number of nitrogens with two attached hydrogens (primary N) is 1. The van der Waals surface area contributed by atoms with Crippen LogP contribution in [0.15, 0.2) is 18.2 Å². The summed E-state index contributed by atoms with van der Waals surface area (Å²) in [5.41, 5.74) is 4.73. The maximum Gasteiger partial charge on any atom is 0.416 e. The van der Waals surface area contributed by atoms with Gasteiger partial charge < -0.3 is 20.5 Å². The van der Waals surface area contributed by atoms with E-state index in [0.717, 1.165) is 12.1 Å². The topological polar surface area (TPSA) is 73.6 Å². The van der Waals surface area contributed by atoms with Gasteiger partial charge in [-0.15, -0.1) is 12.4 Å². The van der Waals surface area contributed by atoms with Crippen LogP contribution >= 0.6 is 12.4 Å². The van der Waals surface area contributed by atoms with E-state index in [1.54, 1.807) is 0 Å². The third kappa shape index (κ3) is 6.94. The van der Waals surface area contributed by atoms with Crippen LogP contribution in [0.3, 0.4) is 0 Å². The van der Waals surface area contributed by atoms with Gasteiger partial charge in [0.05, 0.1) is 23.9 Å². The van der Waals surface area contributed by atoms with Gasteiger partial charge in [-0.3, -0.25) is 4.79 Å². The maximum atomic E-state index is 12.8. The Morgan fingerprint density at radius 2 is 2.00 bits per heavy atom. The van der Waals surface area contributed by atoms with Crippen molar-refractivity contribution in [1.29, 1.82) is 0 Å². The summed E-state index contributed by atoms with van der Waals surface area (Å²) in [7, 11) is 1.47. The van der Waals surface area contributed by atoms with Gasteiger partial charge in [-0.2, -0.15) is 13.2 Å². The maximum absolute atomic E-state index is 12.8. The Kier molecular flexibility index (Phi) is 9.72. The lowest BCUT2D eigenvalue weighted by molar-refractivity contribution is -0.137. The van der Waals surface area contributed by atoms with Gasteiger partial charge in [-0.05, 0) is 24.6 Å². The Labute approximate surface area is 145 Å². The van der Waals surface area contributed by atoms with E-state index in [9.17, 15) is 18.0 Å². The van der Waals surface area contributed by atoms with Crippen LogP contribution < -0.4 is 15.8 Å². The zero-order valence-corrected chi connectivity index (χ0v) is 14.3. The molecule has 3 N–H and O–H groups in total. The number of hydrogen-bond acceptors (Lipinski definition) is 4. The Morgan fingerprint density at radius 3 is 2.54 bits per heavy atom. The van der Waals surface area contributed by atoms with E-state index < -0.39 is 23.7 Å². The normalized spacial score (nSPS) is 12.2. The first kappa shape index (κ1) is 22.5. The fourth-order valence-corrected chi connectivity index (χ4v) is 1.83. The van der Waals surface area contributed by atoms with Crippen molar-refractivity contribution in [3.63, 3.8) is 0 Å². The number of alkyl halides is 3. The minimum absolute atomic E-state index is 0. The fraction of sp³-hybridized carbons (Fsp3) is 0.533. The van der Waals surface area contributed by atoms with Crippen LogP contribution in [-0.2, 0) is 15.7 Å². The number of anilines is 1. The van der Waals surface area contributed by atoms with Gasteiger partial charge in [0.2, 0.25) is 5.91 Å². The molecule has 0 radical (unpaired) electrons. The highest BCUT2D eigenvalue weighted by atomic mass is 35.5. The second kappa shape index (κ2) is 10.4. The summed E-state index contributed by atoms with van der Waals surface area (Å²) >= 11 is 0. The smallest absolute Gasteiger partial charge is 0.416 e. The predicted molar refractivity (Wildman–Crippen MR) is 87.6 cm³/mol. The zero-order chi connectivity index (χ0) is 17.5. The highest BCUT2D eigenvalue weighted by Crippen LogP contribution is 2.35. The average molecular weight is 371 g/mol. The van der Waals surface area contributed by atoms with Gasteiger partial charge in [0, 0.05) is 7.11 Å². The molecule has 1 atom stereocenters. The summed E-state index contributed by atoms with van der Waals surface area (Å²) in [5, 5.41) is 2.40. The molecule has 0 saturated carbocycles. The standard InChI is InChI=1S/C15H21F3N2O3.ClH/c1-3-4-11(19)14(21)20-12-9-10(15(16,17)18)5-6-13(12)23-8-7-22-2;/h5-6,9,11H,3-4,7-8,19H2,1-2H3,(H,20,21);1H. The number of benzene rings is 1. The van der Waals surface area contributed by atoms with Gasteiger partial charge >= 0.3 is 6.18 Å². The van der Waals surface area contributed by atoms with Crippen molar-refractivity contribution in [2.75, 3.05) is 25.6 Å². The van der Waals surface area contributed by atoms with E-state index in [1.807, 2.05) is 6.92 Å². The quantitative estimate of drug-likeness (QED) is 0.689. The molecule has 24 heavy (non-hydrogen) atoms. The van der Waals surface area contributed by atoms with Gasteiger partial charge in [-0.25, -0.2) is 0 Å². The first-order valence-corrected chi connectivity index (χ1v) is 7.19. The van der Waals surface area contributed by atoms with Crippen molar-refractivity contribution >= 4 is 24.0 Å². The average Bonchev–Trinajstić information content (AvgIpc) is 2.48. The van der Waals surface area contributed by atoms with Crippen LogP contribution in [0.5, 0.6) is 5.75 Å². The van der Waals surface area contributed by atoms with Crippen molar-refractivity contribution in [3.05, 3.63) is 23.8 Å². The zero-order valence-electron chi connectivity index (χ0n) is 13.5. The van der Waals surface area contributed by atoms with Crippen molar-refractivity contribution in [2.24, 2.45) is 5.73 Å². The SMILES string of the molecule is CCCC(N)C(=O)Nc1cc(C(F)(F)F)ccc1OCCOC.Cl. The molecule has 0 saturated heterocycles. The summed E-state index contributed by atoms with van der Waals surface area (Å²) in [6.45, 7) is 2.27. The molecule has 0 aromatic heterocycles. The third-order valence-electron chi connectivity index (χ3n) is 3.05. The molecule has 1 amide bonds. The molecule has 138 valence electrons. The molecule has 0 aliphatic rings. The molecule has 0 fully saturated rings. The molecule has 0 bridgehead atoms. The minimum atomic E-state index is -4.52. The number of halogens is 4. The summed E-state index contributed by atoms with van der Waals surface area (Å²) in [6, 6.07) is 2.10. The second-order valence-corrected chi connectivity index (χ2v) is 4.93. The first-order chi connectivity index (χ1) is 10.8. The number of methoxy groups -OCH3 is 1. The monoisotopic (exact) mass is 370 g/mol. The molecule has 1 aromatic rings. The summed E-state index contributed by atoms with van der Waals surface area (Å²) in [6.07, 6.45) is -3.39. The summed E-state index contributed by atoms with van der Waals surface area (Å²) in [4.78, 5) is 11.9. The van der Waals surface area contributed by atoms with Crippen LogP contribution in [0, 0.1) is 0 Å². The first-order valence-electron chi connectivity index (χ1n) is 7.19. The number of nitrogens with one attached hydrogen (secondary N) is 1. The molecule has 1 unspecified atom stereocenters. The highest BCUT2D eigenvalue weighted by molar-refractivity contribution is 5.96. The third-order valence-corrected chi connectivity index (χ3v) is 3.05. The molecule has 0 aliphatic carbocycles. The molecular formula is C15H22ClF3N2O3. The van der Waals surface area contributed by atoms with E-state index in [0.29, 0.717) is 12.8 Å². The van der Waals surface area contributed by atoms with E-state index in [2.05, 4.69) is 5.32 Å². The highest BCUT2D eigenvalue weighted by Gasteiger charge is 2.31.